The van der Waals surface area contributed by atoms with Gasteiger partial charge in [0.05, 0.1) is 5.70 Å². The highest BCUT2D eigenvalue weighted by Gasteiger charge is 2.43. The van der Waals surface area contributed by atoms with Crippen LogP contribution in [-0.4, -0.2) is 11.5 Å². The minimum atomic E-state index is 0.130. The fourth-order valence-electron chi connectivity index (χ4n) is 12.0. The first-order valence-corrected chi connectivity index (χ1v) is 24.3. The van der Waals surface area contributed by atoms with Crippen molar-refractivity contribution in [1.29, 1.82) is 0 Å². The maximum Gasteiger partial charge on any atom is 0.136 e. The molecule has 0 spiro atoms. The van der Waals surface area contributed by atoms with Crippen LogP contribution in [0.1, 0.15) is 126 Å². The fraction of sp³-hybridized carbons (Fsp3) is 0.377. The highest BCUT2D eigenvalue weighted by Crippen LogP contribution is 2.54. The second kappa shape index (κ2) is 19.6. The van der Waals surface area contributed by atoms with Crippen molar-refractivity contribution in [2.45, 2.75) is 110 Å². The van der Waals surface area contributed by atoms with E-state index in [0.717, 1.165) is 73.2 Å². The Labute approximate surface area is 379 Å². The van der Waals surface area contributed by atoms with Crippen molar-refractivity contribution in [2.24, 2.45) is 45.0 Å². The van der Waals surface area contributed by atoms with Gasteiger partial charge in [-0.05, 0) is 159 Å². The summed E-state index contributed by atoms with van der Waals surface area (Å²) < 4.78 is 0. The largest absolute Gasteiger partial charge is 0.237 e. The molecule has 2 heteroatoms. The van der Waals surface area contributed by atoms with E-state index >= 15 is 0 Å². The Morgan fingerprint density at radius 2 is 1.62 bits per heavy atom. The van der Waals surface area contributed by atoms with E-state index in [1.54, 1.807) is 5.57 Å². The van der Waals surface area contributed by atoms with E-state index in [9.17, 15) is 0 Å². The molecule has 0 saturated heterocycles. The van der Waals surface area contributed by atoms with Crippen LogP contribution < -0.4 is 0 Å². The molecule has 2 nitrogen and oxygen atoms in total. The average Bonchev–Trinajstić information content (AvgIpc) is 3.34. The molecule has 0 N–H and O–H groups in total. The van der Waals surface area contributed by atoms with Crippen LogP contribution in [0.2, 0.25) is 0 Å². The molecule has 8 unspecified atom stereocenters. The highest BCUT2D eigenvalue weighted by atomic mass is 14.9. The lowest BCUT2D eigenvalue weighted by Gasteiger charge is -2.48. The third-order valence-corrected chi connectivity index (χ3v) is 15.7. The van der Waals surface area contributed by atoms with Crippen molar-refractivity contribution in [3.63, 3.8) is 0 Å². The molecular formula is C61H68N2. The highest BCUT2D eigenvalue weighted by molar-refractivity contribution is 6.07. The SMILES string of the molecule is C=C/C=C(/N=C(\N=C(/C)C1=CC=CC(c2ccc(C3=C(C)C=CCC3C3CCC4C=CCCC4(C)C3)cc2)C1)C1C=CC(c2ccccc2)CC1)C1=CCC(C2=CC=CCC2)C=C1. The van der Waals surface area contributed by atoms with E-state index in [4.69, 9.17) is 9.98 Å². The molecule has 63 heavy (non-hydrogen) atoms. The molecule has 8 atom stereocenters. The summed E-state index contributed by atoms with van der Waals surface area (Å²) in [7, 11) is 0. The number of rotatable bonds is 10. The predicted octanol–water partition coefficient (Wildman–Crippen LogP) is 16.2. The molecule has 2 aromatic carbocycles. The average molecular weight is 829 g/mol. The molecule has 7 aliphatic carbocycles. The molecular weight excluding hydrogens is 761 g/mol. The molecule has 1 fully saturated rings. The Morgan fingerprint density at radius 1 is 0.762 bits per heavy atom. The minimum Gasteiger partial charge on any atom is -0.237 e. The monoisotopic (exact) mass is 829 g/mol. The van der Waals surface area contributed by atoms with Crippen molar-refractivity contribution < 1.29 is 0 Å². The van der Waals surface area contributed by atoms with E-state index in [1.807, 2.05) is 6.08 Å². The Bertz CT molecular complexity index is 2430. The van der Waals surface area contributed by atoms with Gasteiger partial charge in [0, 0.05) is 29.4 Å². The summed E-state index contributed by atoms with van der Waals surface area (Å²) >= 11 is 0. The third-order valence-electron chi connectivity index (χ3n) is 15.7. The van der Waals surface area contributed by atoms with Gasteiger partial charge >= 0.3 is 0 Å². The fourth-order valence-corrected chi connectivity index (χ4v) is 12.0. The van der Waals surface area contributed by atoms with Gasteiger partial charge in [-0.2, -0.15) is 0 Å². The number of hydrogen-bond acceptors (Lipinski definition) is 1. The number of amidine groups is 1. The summed E-state index contributed by atoms with van der Waals surface area (Å²) in [6, 6.07) is 20.6. The van der Waals surface area contributed by atoms with Gasteiger partial charge in [0.1, 0.15) is 5.84 Å². The zero-order valence-electron chi connectivity index (χ0n) is 38.1. The van der Waals surface area contributed by atoms with Crippen LogP contribution in [-0.2, 0) is 0 Å². The summed E-state index contributed by atoms with van der Waals surface area (Å²) in [6.45, 7) is 11.2. The molecule has 1 saturated carbocycles. The van der Waals surface area contributed by atoms with Gasteiger partial charge in [-0.1, -0.05) is 171 Å². The lowest BCUT2D eigenvalue weighted by molar-refractivity contribution is 0.0742. The Balaban J connectivity index is 0.943. The van der Waals surface area contributed by atoms with E-state index in [2.05, 4.69) is 179 Å². The van der Waals surface area contributed by atoms with E-state index in [1.165, 1.54) is 71.9 Å². The van der Waals surface area contributed by atoms with Crippen LogP contribution in [0, 0.1) is 35.0 Å². The van der Waals surface area contributed by atoms with Gasteiger partial charge in [-0.25, -0.2) is 9.98 Å². The van der Waals surface area contributed by atoms with Crippen LogP contribution in [0.5, 0.6) is 0 Å². The standard InChI is InChI=1S/C61H68N2/c1-5-16-58(50-32-26-47(27-33-50)45-18-8-6-9-19-45)63-60(52-36-30-48(31-37-52)46-20-10-7-11-21-46)62-44(3)53-22-15-23-54(41-53)49-28-34-51(35-29-49)59-43(2)17-14-25-57(59)55-38-39-56-24-12-13-40-61(56,4)42-55/h5-8,10-12,14-18,20-24,26,28-30,32-36,47-48,52,54-57H,1,9,13,19,25,27,31,37-42H2,2-4H3/b58-16+,62-44+,63-60-. The van der Waals surface area contributed by atoms with Crippen molar-refractivity contribution in [3.05, 3.63) is 209 Å². The molecule has 0 radical (unpaired) electrons. The molecule has 0 heterocycles. The zero-order chi connectivity index (χ0) is 43.2. The van der Waals surface area contributed by atoms with E-state index in [-0.39, 0.29) is 5.92 Å². The number of fused-ring (bicyclic) bond motifs is 1. The van der Waals surface area contributed by atoms with Crippen molar-refractivity contribution in [2.75, 3.05) is 0 Å². The maximum atomic E-state index is 5.48. The van der Waals surface area contributed by atoms with E-state index in [0.29, 0.717) is 29.1 Å². The lowest BCUT2D eigenvalue weighted by atomic mass is 9.57. The molecule has 0 aliphatic heterocycles. The molecule has 0 amide bonds. The van der Waals surface area contributed by atoms with Crippen LogP contribution in [0.3, 0.4) is 0 Å². The van der Waals surface area contributed by atoms with Crippen molar-refractivity contribution in [1.82, 2.24) is 0 Å². The summed E-state index contributed by atoms with van der Waals surface area (Å²) in [4.78, 5) is 10.9. The summed E-state index contributed by atoms with van der Waals surface area (Å²) in [5.41, 5.74) is 13.6. The topological polar surface area (TPSA) is 24.7 Å². The molecule has 2 aromatic rings. The van der Waals surface area contributed by atoms with Gasteiger partial charge in [-0.15, -0.1) is 0 Å². The van der Waals surface area contributed by atoms with Gasteiger partial charge in [0.25, 0.3) is 0 Å². The molecule has 322 valence electrons. The number of hydrogen-bond donors (Lipinski definition) is 0. The first-order valence-electron chi connectivity index (χ1n) is 24.3. The molecule has 0 aromatic heterocycles. The zero-order valence-corrected chi connectivity index (χ0v) is 38.1. The van der Waals surface area contributed by atoms with Crippen LogP contribution in [0.25, 0.3) is 5.57 Å². The Kier molecular flexibility index (Phi) is 13.4. The summed E-state index contributed by atoms with van der Waals surface area (Å²) in [5, 5.41) is 0. The number of allylic oxidation sites excluding steroid dienone is 20. The summed E-state index contributed by atoms with van der Waals surface area (Å²) in [6.07, 6.45) is 53.3. The van der Waals surface area contributed by atoms with Crippen LogP contribution in [0.15, 0.2) is 202 Å². The first kappa shape index (κ1) is 42.9. The first-order chi connectivity index (χ1) is 30.8. The number of aliphatic imine (C=N–C) groups is 2. The molecule has 9 rings (SSSR count). The molecule has 0 bridgehead atoms. The smallest absolute Gasteiger partial charge is 0.136 e. The second-order valence-electron chi connectivity index (χ2n) is 19.7. The maximum absolute atomic E-state index is 5.48. The Morgan fingerprint density at radius 3 is 2.38 bits per heavy atom. The van der Waals surface area contributed by atoms with Crippen LogP contribution >= 0.6 is 0 Å². The van der Waals surface area contributed by atoms with Crippen molar-refractivity contribution in [3.8, 4) is 0 Å². The van der Waals surface area contributed by atoms with Gasteiger partial charge in [0.2, 0.25) is 0 Å². The number of benzene rings is 2. The third kappa shape index (κ3) is 9.77. The van der Waals surface area contributed by atoms with Gasteiger partial charge < -0.3 is 0 Å². The number of nitrogens with zero attached hydrogens (tertiary/aromatic N) is 2. The van der Waals surface area contributed by atoms with Crippen LogP contribution in [0.4, 0.5) is 0 Å². The quantitative estimate of drug-likeness (QED) is 0.0986. The molecule has 7 aliphatic rings. The minimum absolute atomic E-state index is 0.130. The Hall–Kier alpha value is -5.34. The predicted molar refractivity (Wildman–Crippen MR) is 270 cm³/mol. The normalized spacial score (nSPS) is 31.1. The summed E-state index contributed by atoms with van der Waals surface area (Å²) in [5.74, 6) is 4.30. The second-order valence-corrected chi connectivity index (χ2v) is 19.7. The van der Waals surface area contributed by atoms with Crippen molar-refractivity contribution >= 4 is 17.1 Å². The van der Waals surface area contributed by atoms with Gasteiger partial charge in [0.15, 0.2) is 0 Å². The van der Waals surface area contributed by atoms with Gasteiger partial charge in [-0.3, -0.25) is 0 Å². The lowest BCUT2D eigenvalue weighted by Crippen LogP contribution is -2.38. The van der Waals surface area contributed by atoms with E-state index < -0.39 is 0 Å².